The van der Waals surface area contributed by atoms with Crippen LogP contribution in [0.5, 0.6) is 5.75 Å². The summed E-state index contributed by atoms with van der Waals surface area (Å²) in [5.41, 5.74) is 0.772. The molecule has 1 aromatic carbocycles. The molecule has 1 fully saturated rings. The molecule has 104 valence electrons. The summed E-state index contributed by atoms with van der Waals surface area (Å²) in [6.45, 7) is 4.52. The fourth-order valence-corrected chi connectivity index (χ4v) is 2.36. The number of para-hydroxylation sites is 2. The third-order valence-electron chi connectivity index (χ3n) is 3.53. The monoisotopic (exact) mass is 262 g/mol. The zero-order chi connectivity index (χ0) is 13.7. The molecular weight excluding hydrogens is 240 g/mol. The van der Waals surface area contributed by atoms with Crippen molar-refractivity contribution < 1.29 is 9.53 Å². The molecule has 4 heteroatoms. The zero-order valence-corrected chi connectivity index (χ0v) is 11.7. The van der Waals surface area contributed by atoms with Crippen molar-refractivity contribution in [2.75, 3.05) is 32.1 Å². The van der Waals surface area contributed by atoms with Crippen LogP contribution in [0.25, 0.3) is 0 Å². The van der Waals surface area contributed by atoms with Gasteiger partial charge in [-0.3, -0.25) is 4.79 Å². The van der Waals surface area contributed by atoms with E-state index in [-0.39, 0.29) is 11.8 Å². The molecule has 0 radical (unpaired) electrons. The van der Waals surface area contributed by atoms with Crippen molar-refractivity contribution in [2.24, 2.45) is 5.92 Å². The van der Waals surface area contributed by atoms with E-state index in [0.29, 0.717) is 6.61 Å². The summed E-state index contributed by atoms with van der Waals surface area (Å²) in [4.78, 5) is 14.5. The first-order valence-corrected chi connectivity index (χ1v) is 6.92. The molecule has 0 unspecified atom stereocenters. The molecule has 1 aliphatic heterocycles. The summed E-state index contributed by atoms with van der Waals surface area (Å²) in [7, 11) is 2.10. The van der Waals surface area contributed by atoms with Gasteiger partial charge in [0, 0.05) is 5.92 Å². The smallest absolute Gasteiger partial charge is 0.227 e. The second-order valence-corrected chi connectivity index (χ2v) is 5.00. The van der Waals surface area contributed by atoms with Gasteiger partial charge in [-0.1, -0.05) is 12.1 Å². The Balaban J connectivity index is 1.98. The predicted molar refractivity (Wildman–Crippen MR) is 76.5 cm³/mol. The quantitative estimate of drug-likeness (QED) is 0.905. The Labute approximate surface area is 114 Å². The van der Waals surface area contributed by atoms with E-state index in [0.717, 1.165) is 37.4 Å². The molecule has 0 saturated carbocycles. The van der Waals surface area contributed by atoms with Crippen LogP contribution in [0.4, 0.5) is 5.69 Å². The van der Waals surface area contributed by atoms with E-state index >= 15 is 0 Å². The molecule has 2 rings (SSSR count). The van der Waals surface area contributed by atoms with Crippen LogP contribution in [-0.2, 0) is 4.79 Å². The van der Waals surface area contributed by atoms with Gasteiger partial charge in [-0.05, 0) is 52.0 Å². The zero-order valence-electron chi connectivity index (χ0n) is 11.7. The van der Waals surface area contributed by atoms with Crippen LogP contribution in [0.1, 0.15) is 19.8 Å². The summed E-state index contributed by atoms with van der Waals surface area (Å²) >= 11 is 0. The number of likely N-dealkylation sites (tertiary alicyclic amines) is 1. The number of carbonyl (C=O) groups is 1. The highest BCUT2D eigenvalue weighted by molar-refractivity contribution is 5.94. The van der Waals surface area contributed by atoms with E-state index < -0.39 is 0 Å². The van der Waals surface area contributed by atoms with Crippen molar-refractivity contribution >= 4 is 11.6 Å². The van der Waals surface area contributed by atoms with Gasteiger partial charge >= 0.3 is 0 Å². The fraction of sp³-hybridized carbons (Fsp3) is 0.533. The highest BCUT2D eigenvalue weighted by atomic mass is 16.5. The molecule has 1 N–H and O–H groups in total. The van der Waals surface area contributed by atoms with Gasteiger partial charge < -0.3 is 15.0 Å². The molecule has 1 saturated heterocycles. The number of hydrogen-bond donors (Lipinski definition) is 1. The number of hydrogen-bond acceptors (Lipinski definition) is 3. The number of rotatable bonds is 4. The lowest BCUT2D eigenvalue weighted by molar-refractivity contribution is -0.121. The first-order chi connectivity index (χ1) is 9.20. The number of nitrogens with one attached hydrogen (secondary N) is 1. The van der Waals surface area contributed by atoms with Crippen LogP contribution < -0.4 is 10.1 Å². The summed E-state index contributed by atoms with van der Waals surface area (Å²) in [6.07, 6.45) is 1.86. The average molecular weight is 262 g/mol. The number of piperidine rings is 1. The number of ether oxygens (including phenoxy) is 1. The van der Waals surface area contributed by atoms with E-state index in [4.69, 9.17) is 4.74 Å². The topological polar surface area (TPSA) is 41.6 Å². The van der Waals surface area contributed by atoms with Crippen molar-refractivity contribution in [3.63, 3.8) is 0 Å². The molecule has 1 aromatic rings. The molecule has 4 nitrogen and oxygen atoms in total. The van der Waals surface area contributed by atoms with Gasteiger partial charge in [0.2, 0.25) is 5.91 Å². The van der Waals surface area contributed by atoms with Crippen LogP contribution >= 0.6 is 0 Å². The fourth-order valence-electron chi connectivity index (χ4n) is 2.36. The van der Waals surface area contributed by atoms with E-state index in [9.17, 15) is 4.79 Å². The van der Waals surface area contributed by atoms with Gasteiger partial charge in [0.25, 0.3) is 0 Å². The van der Waals surface area contributed by atoms with Crippen molar-refractivity contribution in [3.05, 3.63) is 24.3 Å². The minimum absolute atomic E-state index is 0.111. The van der Waals surface area contributed by atoms with Crippen LogP contribution in [0.15, 0.2) is 24.3 Å². The Morgan fingerprint density at radius 1 is 1.37 bits per heavy atom. The molecule has 19 heavy (non-hydrogen) atoms. The Morgan fingerprint density at radius 2 is 2.05 bits per heavy atom. The van der Waals surface area contributed by atoms with E-state index in [1.165, 1.54) is 0 Å². The lowest BCUT2D eigenvalue weighted by atomic mass is 9.96. The average Bonchev–Trinajstić information content (AvgIpc) is 2.42. The summed E-state index contributed by atoms with van der Waals surface area (Å²) in [5, 5.41) is 3.00. The molecule has 1 heterocycles. The lowest BCUT2D eigenvalue weighted by Crippen LogP contribution is -2.35. The van der Waals surface area contributed by atoms with Crippen molar-refractivity contribution in [2.45, 2.75) is 19.8 Å². The molecule has 0 aromatic heterocycles. The minimum atomic E-state index is 0.111. The van der Waals surface area contributed by atoms with E-state index in [1.54, 1.807) is 0 Å². The second-order valence-electron chi connectivity index (χ2n) is 5.00. The highest BCUT2D eigenvalue weighted by Crippen LogP contribution is 2.25. The van der Waals surface area contributed by atoms with Gasteiger partial charge in [0.1, 0.15) is 5.75 Å². The van der Waals surface area contributed by atoms with Crippen molar-refractivity contribution in [1.29, 1.82) is 0 Å². The standard InChI is InChI=1S/C15H22N2O2/c1-3-19-14-7-5-4-6-13(14)16-15(18)12-8-10-17(2)11-9-12/h4-7,12H,3,8-11H2,1-2H3,(H,16,18). The molecule has 1 amide bonds. The molecular formula is C15H22N2O2. The summed E-state index contributed by atoms with van der Waals surface area (Å²) < 4.78 is 5.52. The third kappa shape index (κ3) is 3.70. The Bertz CT molecular complexity index is 426. The van der Waals surface area contributed by atoms with E-state index in [1.807, 2.05) is 31.2 Å². The lowest BCUT2D eigenvalue weighted by Gasteiger charge is -2.28. The predicted octanol–water partition coefficient (Wildman–Crippen LogP) is 2.37. The normalized spacial score (nSPS) is 17.2. The van der Waals surface area contributed by atoms with Gasteiger partial charge in [0.05, 0.1) is 12.3 Å². The minimum Gasteiger partial charge on any atom is -0.492 e. The van der Waals surface area contributed by atoms with Gasteiger partial charge in [-0.2, -0.15) is 0 Å². The maximum absolute atomic E-state index is 12.2. The molecule has 0 atom stereocenters. The first kappa shape index (κ1) is 13.9. The van der Waals surface area contributed by atoms with Gasteiger partial charge in [-0.15, -0.1) is 0 Å². The molecule has 0 aliphatic carbocycles. The maximum Gasteiger partial charge on any atom is 0.227 e. The number of benzene rings is 1. The van der Waals surface area contributed by atoms with Crippen molar-refractivity contribution in [3.8, 4) is 5.75 Å². The number of amides is 1. The van der Waals surface area contributed by atoms with E-state index in [2.05, 4.69) is 17.3 Å². The molecule has 1 aliphatic rings. The molecule has 0 spiro atoms. The van der Waals surface area contributed by atoms with Gasteiger partial charge in [0.15, 0.2) is 0 Å². The van der Waals surface area contributed by atoms with Crippen LogP contribution in [0, 0.1) is 5.92 Å². The van der Waals surface area contributed by atoms with Crippen molar-refractivity contribution in [1.82, 2.24) is 4.90 Å². The Hall–Kier alpha value is -1.55. The second kappa shape index (κ2) is 6.57. The first-order valence-electron chi connectivity index (χ1n) is 6.92. The third-order valence-corrected chi connectivity index (χ3v) is 3.53. The number of anilines is 1. The summed E-state index contributed by atoms with van der Waals surface area (Å²) in [6, 6.07) is 7.59. The van der Waals surface area contributed by atoms with Crippen LogP contribution in [0.2, 0.25) is 0 Å². The van der Waals surface area contributed by atoms with Crippen LogP contribution in [0.3, 0.4) is 0 Å². The van der Waals surface area contributed by atoms with Gasteiger partial charge in [-0.25, -0.2) is 0 Å². The summed E-state index contributed by atoms with van der Waals surface area (Å²) in [5.74, 6) is 0.970. The molecule has 0 bridgehead atoms. The largest absolute Gasteiger partial charge is 0.492 e. The SMILES string of the molecule is CCOc1ccccc1NC(=O)C1CCN(C)CC1. The highest BCUT2D eigenvalue weighted by Gasteiger charge is 2.23. The number of carbonyl (C=O) groups excluding carboxylic acids is 1. The maximum atomic E-state index is 12.2. The van der Waals surface area contributed by atoms with Crippen LogP contribution in [-0.4, -0.2) is 37.6 Å². The Kier molecular flexibility index (Phi) is 4.80. The Morgan fingerprint density at radius 3 is 2.74 bits per heavy atom. The number of nitrogens with zero attached hydrogens (tertiary/aromatic N) is 1.